The Balaban J connectivity index is 1.58. The van der Waals surface area contributed by atoms with Crippen molar-refractivity contribution >= 4 is 0 Å². The summed E-state index contributed by atoms with van der Waals surface area (Å²) >= 11 is 0. The van der Waals surface area contributed by atoms with Gasteiger partial charge in [-0.2, -0.15) is 0 Å². The minimum atomic E-state index is -1.82. The van der Waals surface area contributed by atoms with Crippen molar-refractivity contribution in [3.8, 4) is 0 Å². The highest BCUT2D eigenvalue weighted by Gasteiger charge is 2.48. The van der Waals surface area contributed by atoms with E-state index in [1.807, 2.05) is 0 Å². The average Bonchev–Trinajstić information content (AvgIpc) is 2.82. The third-order valence-electron chi connectivity index (χ3n) is 6.05. The van der Waals surface area contributed by atoms with Gasteiger partial charge in [-0.3, -0.25) is 0 Å². The largest absolute Gasteiger partial charge is 0.394 e. The molecule has 3 aliphatic heterocycles. The van der Waals surface area contributed by atoms with Gasteiger partial charge >= 0.3 is 0 Å². The maximum atomic E-state index is 10.2. The molecule has 0 radical (unpaired) electrons. The lowest BCUT2D eigenvalue weighted by Gasteiger charge is -2.43. The van der Waals surface area contributed by atoms with Crippen LogP contribution < -0.4 is 0 Å². The Morgan fingerprint density at radius 2 is 0.824 bits per heavy atom. The Kier molecular flexibility index (Phi) is 9.54. The Morgan fingerprint density at radius 3 is 1.29 bits per heavy atom. The molecule has 16 heteroatoms. The van der Waals surface area contributed by atoms with Crippen LogP contribution in [-0.4, -0.2) is 168 Å². The molecule has 0 aromatic rings. The fourth-order valence-electron chi connectivity index (χ4n) is 3.84. The summed E-state index contributed by atoms with van der Waals surface area (Å²) < 4.78 is 26.1. The number of ether oxygens (including phenoxy) is 5. The molecule has 16 nitrogen and oxygen atoms in total. The number of hydrogen-bond acceptors (Lipinski definition) is 16. The highest BCUT2D eigenvalue weighted by atomic mass is 16.7. The molecule has 3 rings (SSSR count). The summed E-state index contributed by atoms with van der Waals surface area (Å²) in [5.41, 5.74) is 0. The SMILES string of the molecule is OC[C@H]1O[C@@H](OC[C@H]2O[C@H](OC[C@H]3O[C@H](O)[C@H](O)[C@@H](O)[C@@H]3O)[C@H](O)[C@@H](O)[C@@H]2O)[C@H](O)[C@@H](O)[C@@H]1O. The first-order valence-electron chi connectivity index (χ1n) is 10.6. The topological polar surface area (TPSA) is 269 Å². The van der Waals surface area contributed by atoms with Crippen LogP contribution in [0.25, 0.3) is 0 Å². The summed E-state index contributed by atoms with van der Waals surface area (Å²) in [6, 6.07) is 0. The highest BCUT2D eigenvalue weighted by molar-refractivity contribution is 4.92. The maximum absolute atomic E-state index is 10.2. The molecule has 3 aliphatic rings. The van der Waals surface area contributed by atoms with E-state index in [0.29, 0.717) is 0 Å². The second-order valence-electron chi connectivity index (χ2n) is 8.42. The summed E-state index contributed by atoms with van der Waals surface area (Å²) in [5, 5.41) is 108. The predicted molar refractivity (Wildman–Crippen MR) is 101 cm³/mol. The monoisotopic (exact) mass is 504 g/mol. The van der Waals surface area contributed by atoms with Crippen LogP contribution in [0.3, 0.4) is 0 Å². The van der Waals surface area contributed by atoms with Gasteiger partial charge in [-0.25, -0.2) is 0 Å². The van der Waals surface area contributed by atoms with Gasteiger partial charge < -0.3 is 79.9 Å². The zero-order valence-electron chi connectivity index (χ0n) is 17.7. The van der Waals surface area contributed by atoms with Crippen molar-refractivity contribution in [2.24, 2.45) is 0 Å². The van der Waals surface area contributed by atoms with Crippen LogP contribution in [0.15, 0.2) is 0 Å². The molecule has 3 saturated heterocycles. The van der Waals surface area contributed by atoms with Crippen molar-refractivity contribution in [3.05, 3.63) is 0 Å². The fourth-order valence-corrected chi connectivity index (χ4v) is 3.84. The molecule has 0 saturated carbocycles. The van der Waals surface area contributed by atoms with Gasteiger partial charge in [0.1, 0.15) is 73.2 Å². The Bertz CT molecular complexity index is 639. The first kappa shape index (κ1) is 27.9. The van der Waals surface area contributed by atoms with Gasteiger partial charge in [-0.15, -0.1) is 0 Å². The van der Waals surface area contributed by atoms with E-state index in [1.54, 1.807) is 0 Å². The molecule has 0 aromatic heterocycles. The first-order chi connectivity index (χ1) is 16.0. The third-order valence-corrected chi connectivity index (χ3v) is 6.05. The summed E-state index contributed by atoms with van der Waals surface area (Å²) in [5.74, 6) is 0. The van der Waals surface area contributed by atoms with E-state index in [4.69, 9.17) is 23.7 Å². The quantitative estimate of drug-likeness (QED) is 0.154. The van der Waals surface area contributed by atoms with Gasteiger partial charge in [0, 0.05) is 0 Å². The van der Waals surface area contributed by atoms with Gasteiger partial charge in [-0.1, -0.05) is 0 Å². The highest BCUT2D eigenvalue weighted by Crippen LogP contribution is 2.27. The van der Waals surface area contributed by atoms with E-state index in [1.165, 1.54) is 0 Å². The van der Waals surface area contributed by atoms with Crippen LogP contribution in [0.5, 0.6) is 0 Å². The van der Waals surface area contributed by atoms with Crippen molar-refractivity contribution in [1.29, 1.82) is 0 Å². The van der Waals surface area contributed by atoms with E-state index in [2.05, 4.69) is 0 Å². The molecule has 3 heterocycles. The second-order valence-corrected chi connectivity index (χ2v) is 8.42. The molecule has 0 aliphatic carbocycles. The lowest BCUT2D eigenvalue weighted by Crippen LogP contribution is -2.62. The van der Waals surface area contributed by atoms with Gasteiger partial charge in [0.15, 0.2) is 18.9 Å². The van der Waals surface area contributed by atoms with Crippen LogP contribution in [0, 0.1) is 0 Å². The smallest absolute Gasteiger partial charge is 0.186 e. The van der Waals surface area contributed by atoms with Crippen LogP contribution in [0.2, 0.25) is 0 Å². The van der Waals surface area contributed by atoms with E-state index >= 15 is 0 Å². The zero-order chi connectivity index (χ0) is 25.3. The number of rotatable bonds is 7. The van der Waals surface area contributed by atoms with Crippen molar-refractivity contribution in [2.45, 2.75) is 92.1 Å². The standard InChI is InChI=1S/C18H32O16/c19-1-4-7(20)11(24)14(27)17(33-4)31-3-6-9(22)12(25)15(28)18(34-6)30-2-5-8(21)10(23)13(26)16(29)32-5/h4-29H,1-3H2/t4-,5-,6-,7-,8-,9-,10+,11+,12+,13-,14-,15-,16+,17-,18+/m1/s1. The molecule has 3 fully saturated rings. The normalized spacial score (nSPS) is 52.5. The molecular formula is C18H32O16. The van der Waals surface area contributed by atoms with Crippen molar-refractivity contribution < 1.29 is 79.9 Å². The van der Waals surface area contributed by atoms with E-state index in [-0.39, 0.29) is 0 Å². The second kappa shape index (κ2) is 11.6. The van der Waals surface area contributed by atoms with Crippen molar-refractivity contribution in [2.75, 3.05) is 19.8 Å². The van der Waals surface area contributed by atoms with Gasteiger partial charge in [0.2, 0.25) is 0 Å². The molecule has 0 spiro atoms. The molecule has 0 aromatic carbocycles. The van der Waals surface area contributed by atoms with Gasteiger partial charge in [0.25, 0.3) is 0 Å². The number of aliphatic hydroxyl groups is 11. The maximum Gasteiger partial charge on any atom is 0.186 e. The van der Waals surface area contributed by atoms with Crippen LogP contribution in [-0.2, 0) is 23.7 Å². The predicted octanol–water partition coefficient (Wildman–Crippen LogP) is -7.57. The summed E-state index contributed by atoms with van der Waals surface area (Å²) in [4.78, 5) is 0. The van der Waals surface area contributed by atoms with Crippen molar-refractivity contribution in [1.82, 2.24) is 0 Å². The summed E-state index contributed by atoms with van der Waals surface area (Å²) in [7, 11) is 0. The molecule has 200 valence electrons. The van der Waals surface area contributed by atoms with Gasteiger partial charge in [0.05, 0.1) is 19.8 Å². The summed E-state index contributed by atoms with van der Waals surface area (Å²) in [6.07, 6.45) is -24.4. The fraction of sp³-hybridized carbons (Fsp3) is 1.00. The molecule has 0 bridgehead atoms. The van der Waals surface area contributed by atoms with E-state index < -0.39 is 112 Å². The molecular weight excluding hydrogens is 472 g/mol. The molecule has 34 heavy (non-hydrogen) atoms. The molecule has 0 amide bonds. The van der Waals surface area contributed by atoms with Gasteiger partial charge in [-0.05, 0) is 0 Å². The van der Waals surface area contributed by atoms with Crippen LogP contribution in [0.1, 0.15) is 0 Å². The third kappa shape index (κ3) is 5.68. The molecule has 15 atom stereocenters. The van der Waals surface area contributed by atoms with Crippen molar-refractivity contribution in [3.63, 3.8) is 0 Å². The Morgan fingerprint density at radius 1 is 0.441 bits per heavy atom. The minimum absolute atomic E-state index is 0.570. The van der Waals surface area contributed by atoms with E-state index in [9.17, 15) is 56.2 Å². The number of hydrogen-bond donors (Lipinski definition) is 11. The van der Waals surface area contributed by atoms with Crippen LogP contribution >= 0.6 is 0 Å². The van der Waals surface area contributed by atoms with Crippen LogP contribution in [0.4, 0.5) is 0 Å². The first-order valence-corrected chi connectivity index (χ1v) is 10.6. The lowest BCUT2D eigenvalue weighted by molar-refractivity contribution is -0.340. The minimum Gasteiger partial charge on any atom is -0.394 e. The molecule has 0 unspecified atom stereocenters. The Hall–Kier alpha value is -0.640. The average molecular weight is 504 g/mol. The zero-order valence-corrected chi connectivity index (χ0v) is 17.7. The Labute approximate surface area is 192 Å². The molecule has 11 N–H and O–H groups in total. The summed E-state index contributed by atoms with van der Waals surface area (Å²) in [6.45, 7) is -1.84. The van der Waals surface area contributed by atoms with E-state index in [0.717, 1.165) is 0 Å². The lowest BCUT2D eigenvalue weighted by atomic mass is 9.98. The number of aliphatic hydroxyl groups excluding tert-OH is 11.